The summed E-state index contributed by atoms with van der Waals surface area (Å²) in [6.07, 6.45) is 6.27. The van der Waals surface area contributed by atoms with Crippen molar-refractivity contribution in [3.05, 3.63) is 65.0 Å². The number of aromatic nitrogens is 1. The minimum atomic E-state index is -0.294. The Labute approximate surface area is 177 Å². The fourth-order valence-electron chi connectivity index (χ4n) is 4.27. The number of aryl methyl sites for hydroxylation is 1. The maximum Gasteiger partial charge on any atom is 0.223 e. The van der Waals surface area contributed by atoms with E-state index in [1.165, 1.54) is 19.8 Å². The third-order valence-electron chi connectivity index (χ3n) is 5.82. The first-order chi connectivity index (χ1) is 14.5. The predicted octanol–water partition coefficient (Wildman–Crippen LogP) is 3.57. The van der Waals surface area contributed by atoms with Crippen molar-refractivity contribution in [1.29, 1.82) is 0 Å². The highest BCUT2D eigenvalue weighted by atomic mass is 16.2. The molecule has 30 heavy (non-hydrogen) atoms. The van der Waals surface area contributed by atoms with Gasteiger partial charge in [-0.1, -0.05) is 30.3 Å². The van der Waals surface area contributed by atoms with Crippen LogP contribution in [0.15, 0.2) is 42.6 Å². The molecule has 1 saturated heterocycles. The van der Waals surface area contributed by atoms with Crippen LogP contribution in [0.5, 0.6) is 0 Å². The Morgan fingerprint density at radius 3 is 2.67 bits per heavy atom. The van der Waals surface area contributed by atoms with Crippen LogP contribution in [0.2, 0.25) is 0 Å². The molecule has 2 aliphatic rings. The molecule has 3 heterocycles. The van der Waals surface area contributed by atoms with E-state index in [-0.39, 0.29) is 24.3 Å². The number of benzene rings is 1. The van der Waals surface area contributed by atoms with Crippen molar-refractivity contribution < 1.29 is 9.59 Å². The topological polar surface area (TPSA) is 65.5 Å². The molecule has 1 aromatic heterocycles. The molecule has 4 rings (SSSR count). The lowest BCUT2D eigenvalue weighted by molar-refractivity contribution is -0.130. The smallest absolute Gasteiger partial charge is 0.223 e. The molecule has 2 amide bonds. The van der Waals surface area contributed by atoms with E-state index in [0.717, 1.165) is 41.3 Å². The Balaban J connectivity index is 1.47. The number of pyridine rings is 1. The van der Waals surface area contributed by atoms with Crippen LogP contribution in [-0.4, -0.2) is 34.8 Å². The summed E-state index contributed by atoms with van der Waals surface area (Å²) >= 11 is 0. The van der Waals surface area contributed by atoms with E-state index in [0.29, 0.717) is 6.54 Å². The van der Waals surface area contributed by atoms with Crippen molar-refractivity contribution in [2.24, 2.45) is 0 Å². The zero-order valence-electron chi connectivity index (χ0n) is 17.6. The monoisotopic (exact) mass is 404 g/mol. The molecule has 6 nitrogen and oxygen atoms in total. The van der Waals surface area contributed by atoms with Gasteiger partial charge in [0.25, 0.3) is 0 Å². The van der Waals surface area contributed by atoms with Crippen molar-refractivity contribution >= 4 is 23.7 Å². The highest BCUT2D eigenvalue weighted by Crippen LogP contribution is 2.33. The molecule has 2 aromatic rings. The molecule has 0 spiro atoms. The third kappa shape index (κ3) is 4.22. The van der Waals surface area contributed by atoms with Crippen LogP contribution in [-0.2, 0) is 16.1 Å². The van der Waals surface area contributed by atoms with Crippen LogP contribution >= 0.6 is 0 Å². The number of nitrogens with one attached hydrogen (secondary N) is 1. The van der Waals surface area contributed by atoms with Crippen LogP contribution in [0.3, 0.4) is 0 Å². The molecule has 2 aliphatic heterocycles. The highest BCUT2D eigenvalue weighted by Gasteiger charge is 2.28. The molecule has 6 heteroatoms. The van der Waals surface area contributed by atoms with Crippen molar-refractivity contribution in [2.75, 3.05) is 18.0 Å². The first-order valence-corrected chi connectivity index (χ1v) is 10.6. The summed E-state index contributed by atoms with van der Waals surface area (Å²) in [5, 5.41) is 3.05. The van der Waals surface area contributed by atoms with E-state index in [2.05, 4.69) is 16.3 Å². The standard InChI is InChI=1S/C24H28N4O2/c1-17-9-10-20(24(26-17)27-12-5-6-13-27)16-25-23(30)15-22-21-8-4-3-7-19(21)11-14-28(22)18(2)29/h3-4,7-11,14,22H,5-6,12-13,15-16H2,1-2H3,(H,25,30)/t22-/m0/s1. The maximum atomic E-state index is 12.9. The van der Waals surface area contributed by atoms with Gasteiger partial charge in [-0.2, -0.15) is 0 Å². The van der Waals surface area contributed by atoms with E-state index in [4.69, 9.17) is 4.98 Å². The van der Waals surface area contributed by atoms with E-state index >= 15 is 0 Å². The van der Waals surface area contributed by atoms with Crippen LogP contribution < -0.4 is 10.2 Å². The van der Waals surface area contributed by atoms with Gasteiger partial charge < -0.3 is 15.1 Å². The maximum absolute atomic E-state index is 12.9. The average molecular weight is 405 g/mol. The first kappa shape index (κ1) is 20.1. The Hall–Kier alpha value is -3.15. The lowest BCUT2D eigenvalue weighted by atomic mass is 9.93. The SMILES string of the molecule is CC(=O)N1C=Cc2ccccc2[C@@H]1CC(=O)NCc1ccc(C)nc1N1CCCC1. The van der Waals surface area contributed by atoms with E-state index in [1.807, 2.05) is 43.3 Å². The lowest BCUT2D eigenvalue weighted by Gasteiger charge is -2.32. The molecule has 1 fully saturated rings. The molecule has 0 saturated carbocycles. The average Bonchev–Trinajstić information content (AvgIpc) is 3.27. The number of carbonyl (C=O) groups is 2. The number of carbonyl (C=O) groups excluding carboxylic acids is 2. The Morgan fingerprint density at radius 1 is 1.13 bits per heavy atom. The third-order valence-corrected chi connectivity index (χ3v) is 5.82. The molecule has 0 bridgehead atoms. The zero-order chi connectivity index (χ0) is 21.1. The summed E-state index contributed by atoms with van der Waals surface area (Å²) in [4.78, 5) is 33.7. The summed E-state index contributed by atoms with van der Waals surface area (Å²) in [5.41, 5.74) is 4.06. The molecule has 1 aromatic carbocycles. The number of fused-ring (bicyclic) bond motifs is 1. The Kier molecular flexibility index (Phi) is 5.84. The van der Waals surface area contributed by atoms with Crippen molar-refractivity contribution in [2.45, 2.75) is 45.7 Å². The van der Waals surface area contributed by atoms with E-state index in [1.54, 1.807) is 11.1 Å². The lowest BCUT2D eigenvalue weighted by Crippen LogP contribution is -2.35. The quantitative estimate of drug-likeness (QED) is 0.827. The first-order valence-electron chi connectivity index (χ1n) is 10.6. The van der Waals surface area contributed by atoms with Crippen LogP contribution in [0.4, 0.5) is 5.82 Å². The molecule has 1 atom stereocenters. The minimum absolute atomic E-state index is 0.0717. The number of amides is 2. The van der Waals surface area contributed by atoms with Gasteiger partial charge in [0.15, 0.2) is 0 Å². The molecule has 0 unspecified atom stereocenters. The van der Waals surface area contributed by atoms with Gasteiger partial charge in [-0.25, -0.2) is 4.98 Å². The second-order valence-corrected chi connectivity index (χ2v) is 8.00. The molecule has 1 N–H and O–H groups in total. The fraction of sp³-hybridized carbons (Fsp3) is 0.375. The van der Waals surface area contributed by atoms with Crippen LogP contribution in [0, 0.1) is 6.92 Å². The second kappa shape index (κ2) is 8.69. The summed E-state index contributed by atoms with van der Waals surface area (Å²) < 4.78 is 0. The van der Waals surface area contributed by atoms with Gasteiger partial charge in [-0.05, 0) is 43.0 Å². The number of nitrogens with zero attached hydrogens (tertiary/aromatic N) is 3. The number of rotatable bonds is 5. The molecule has 0 aliphatic carbocycles. The normalized spacial score (nSPS) is 17.7. The zero-order valence-corrected chi connectivity index (χ0v) is 17.6. The van der Waals surface area contributed by atoms with Crippen molar-refractivity contribution in [1.82, 2.24) is 15.2 Å². The number of hydrogen-bond donors (Lipinski definition) is 1. The van der Waals surface area contributed by atoms with Gasteiger partial charge in [0.1, 0.15) is 5.82 Å². The summed E-state index contributed by atoms with van der Waals surface area (Å²) in [6.45, 7) is 5.98. The van der Waals surface area contributed by atoms with E-state index in [9.17, 15) is 9.59 Å². The highest BCUT2D eigenvalue weighted by molar-refractivity contribution is 5.82. The van der Waals surface area contributed by atoms with Gasteiger partial charge in [0.05, 0.1) is 12.5 Å². The van der Waals surface area contributed by atoms with Gasteiger partial charge in [0, 0.05) is 44.0 Å². The number of hydrogen-bond acceptors (Lipinski definition) is 4. The van der Waals surface area contributed by atoms with Gasteiger partial charge in [-0.3, -0.25) is 9.59 Å². The van der Waals surface area contributed by atoms with Crippen LogP contribution in [0.1, 0.15) is 54.6 Å². The minimum Gasteiger partial charge on any atom is -0.356 e. The molecule has 156 valence electrons. The van der Waals surface area contributed by atoms with Gasteiger partial charge in [-0.15, -0.1) is 0 Å². The van der Waals surface area contributed by atoms with Gasteiger partial charge in [0.2, 0.25) is 11.8 Å². The molecular weight excluding hydrogens is 376 g/mol. The largest absolute Gasteiger partial charge is 0.356 e. The fourth-order valence-corrected chi connectivity index (χ4v) is 4.27. The molecular formula is C24H28N4O2. The summed E-state index contributed by atoms with van der Waals surface area (Å²) in [7, 11) is 0. The predicted molar refractivity (Wildman–Crippen MR) is 118 cm³/mol. The van der Waals surface area contributed by atoms with Crippen molar-refractivity contribution in [3.8, 4) is 0 Å². The Bertz CT molecular complexity index is 979. The Morgan fingerprint density at radius 2 is 1.90 bits per heavy atom. The second-order valence-electron chi connectivity index (χ2n) is 8.00. The molecule has 0 radical (unpaired) electrons. The number of anilines is 1. The van der Waals surface area contributed by atoms with Gasteiger partial charge >= 0.3 is 0 Å². The summed E-state index contributed by atoms with van der Waals surface area (Å²) in [5.74, 6) is 0.825. The summed E-state index contributed by atoms with van der Waals surface area (Å²) in [6, 6.07) is 11.7. The van der Waals surface area contributed by atoms with Crippen molar-refractivity contribution in [3.63, 3.8) is 0 Å². The van der Waals surface area contributed by atoms with E-state index < -0.39 is 0 Å². The van der Waals surface area contributed by atoms with Crippen LogP contribution in [0.25, 0.3) is 6.08 Å².